The van der Waals surface area contributed by atoms with Crippen molar-refractivity contribution in [3.05, 3.63) is 68.5 Å². The van der Waals surface area contributed by atoms with Gasteiger partial charge in [-0.1, -0.05) is 0 Å². The lowest BCUT2D eigenvalue weighted by Crippen LogP contribution is -2.15. The first-order chi connectivity index (χ1) is 14.0. The van der Waals surface area contributed by atoms with Crippen LogP contribution < -0.4 is 20.5 Å². The molecule has 0 radical (unpaired) electrons. The molecule has 1 heterocycles. The quantitative estimate of drug-likeness (QED) is 0.351. The van der Waals surface area contributed by atoms with E-state index in [-0.39, 0.29) is 23.1 Å². The molecule has 0 spiro atoms. The Morgan fingerprint density at radius 3 is 2.52 bits per heavy atom. The number of hydrogen-bond donors (Lipinski definition) is 2. The molecule has 0 aliphatic heterocycles. The molecule has 11 heteroatoms. The minimum Gasteiger partial charge on any atom is -0.497 e. The number of methoxy groups -OCH3 is 2. The lowest BCUT2D eigenvalue weighted by Gasteiger charge is -2.03. The fourth-order valence-electron chi connectivity index (χ4n) is 2.42. The van der Waals surface area contributed by atoms with Crippen LogP contribution in [-0.4, -0.2) is 40.5 Å². The monoisotopic (exact) mass is 396 g/mol. The maximum Gasteiger partial charge on any atom is 0.311 e. The molecule has 1 aromatic heterocycles. The molecule has 0 aliphatic carbocycles. The summed E-state index contributed by atoms with van der Waals surface area (Å²) >= 11 is 0. The van der Waals surface area contributed by atoms with Crippen LogP contribution in [0.1, 0.15) is 5.56 Å². The zero-order valence-corrected chi connectivity index (χ0v) is 15.4. The zero-order chi connectivity index (χ0) is 20.8. The van der Waals surface area contributed by atoms with Crippen LogP contribution in [0, 0.1) is 10.1 Å². The third-order valence-electron chi connectivity index (χ3n) is 3.84. The Balaban J connectivity index is 1.74. The number of nitro groups is 1. The highest BCUT2D eigenvalue weighted by molar-refractivity contribution is 5.82. The van der Waals surface area contributed by atoms with E-state index in [0.29, 0.717) is 16.9 Å². The third kappa shape index (κ3) is 4.53. The largest absolute Gasteiger partial charge is 0.497 e. The van der Waals surface area contributed by atoms with Crippen LogP contribution in [0.2, 0.25) is 0 Å². The van der Waals surface area contributed by atoms with Gasteiger partial charge in [-0.2, -0.15) is 5.10 Å². The van der Waals surface area contributed by atoms with Gasteiger partial charge in [0.2, 0.25) is 5.95 Å². The third-order valence-corrected chi connectivity index (χ3v) is 3.84. The summed E-state index contributed by atoms with van der Waals surface area (Å²) in [5.41, 5.74) is 3.07. The predicted molar refractivity (Wildman–Crippen MR) is 106 cm³/mol. The first kappa shape index (κ1) is 19.5. The van der Waals surface area contributed by atoms with Crippen molar-refractivity contribution in [2.24, 2.45) is 5.10 Å². The number of benzene rings is 2. The lowest BCUT2D eigenvalue weighted by molar-refractivity contribution is -0.385. The van der Waals surface area contributed by atoms with Crippen LogP contribution in [0.4, 0.5) is 11.6 Å². The van der Waals surface area contributed by atoms with Crippen molar-refractivity contribution in [1.82, 2.24) is 15.2 Å². The molecule has 29 heavy (non-hydrogen) atoms. The van der Waals surface area contributed by atoms with Crippen LogP contribution in [0.15, 0.2) is 52.4 Å². The van der Waals surface area contributed by atoms with E-state index >= 15 is 0 Å². The summed E-state index contributed by atoms with van der Waals surface area (Å²) in [7, 11) is 2.90. The van der Waals surface area contributed by atoms with E-state index < -0.39 is 10.5 Å². The van der Waals surface area contributed by atoms with Crippen molar-refractivity contribution in [2.75, 3.05) is 19.6 Å². The second kappa shape index (κ2) is 8.61. The summed E-state index contributed by atoms with van der Waals surface area (Å²) in [5, 5.41) is 22.7. The molecule has 2 aromatic carbocycles. The van der Waals surface area contributed by atoms with Crippen LogP contribution in [0.3, 0.4) is 0 Å². The minimum absolute atomic E-state index is 0.0199. The van der Waals surface area contributed by atoms with Crippen molar-refractivity contribution in [3.8, 4) is 22.8 Å². The normalized spacial score (nSPS) is 10.7. The first-order valence-corrected chi connectivity index (χ1v) is 8.24. The van der Waals surface area contributed by atoms with Gasteiger partial charge in [0.1, 0.15) is 5.75 Å². The molecular formula is C18H16N6O5. The fraction of sp³-hybridized carbons (Fsp3) is 0.111. The highest BCUT2D eigenvalue weighted by Gasteiger charge is 2.14. The number of nitrogens with zero attached hydrogens (tertiary/aromatic N) is 4. The molecule has 148 valence electrons. The Hall–Kier alpha value is -4.28. The maximum atomic E-state index is 12.2. The summed E-state index contributed by atoms with van der Waals surface area (Å²) in [6, 6.07) is 11.2. The van der Waals surface area contributed by atoms with Gasteiger partial charge in [0.15, 0.2) is 11.4 Å². The van der Waals surface area contributed by atoms with Crippen LogP contribution >= 0.6 is 0 Å². The average molecular weight is 396 g/mol. The molecule has 0 saturated heterocycles. The van der Waals surface area contributed by atoms with Crippen LogP contribution in [0.25, 0.3) is 11.3 Å². The maximum absolute atomic E-state index is 12.2. The summed E-state index contributed by atoms with van der Waals surface area (Å²) in [6.07, 6.45) is 1.34. The van der Waals surface area contributed by atoms with Crippen molar-refractivity contribution >= 4 is 17.9 Å². The molecule has 0 bridgehead atoms. The lowest BCUT2D eigenvalue weighted by atomic mass is 10.1. The van der Waals surface area contributed by atoms with E-state index in [1.165, 1.54) is 25.5 Å². The number of rotatable bonds is 7. The number of aromatic nitrogens is 3. The molecule has 0 amide bonds. The van der Waals surface area contributed by atoms with Gasteiger partial charge >= 0.3 is 5.69 Å². The first-order valence-electron chi connectivity index (χ1n) is 8.24. The van der Waals surface area contributed by atoms with Crippen molar-refractivity contribution < 1.29 is 14.4 Å². The Kier molecular flexibility index (Phi) is 5.78. The molecule has 11 nitrogen and oxygen atoms in total. The van der Waals surface area contributed by atoms with Crippen LogP contribution in [0.5, 0.6) is 11.5 Å². The molecule has 0 aliphatic rings. The molecule has 3 rings (SSSR count). The number of ether oxygens (including phenoxy) is 2. The van der Waals surface area contributed by atoms with Gasteiger partial charge in [-0.25, -0.2) is 5.43 Å². The summed E-state index contributed by atoms with van der Waals surface area (Å²) in [5.74, 6) is 0.820. The highest BCUT2D eigenvalue weighted by atomic mass is 16.6. The van der Waals surface area contributed by atoms with E-state index in [1.54, 1.807) is 37.4 Å². The number of hydrogen-bond acceptors (Lipinski definition) is 9. The van der Waals surface area contributed by atoms with Crippen LogP contribution in [-0.2, 0) is 0 Å². The Bertz CT molecular complexity index is 1110. The van der Waals surface area contributed by atoms with E-state index in [9.17, 15) is 14.9 Å². The van der Waals surface area contributed by atoms with E-state index in [1.807, 2.05) is 0 Å². The van der Waals surface area contributed by atoms with Crippen molar-refractivity contribution in [2.45, 2.75) is 0 Å². The second-order valence-electron chi connectivity index (χ2n) is 5.64. The minimum atomic E-state index is -0.551. The molecule has 3 aromatic rings. The molecule has 2 N–H and O–H groups in total. The summed E-state index contributed by atoms with van der Waals surface area (Å²) in [6.45, 7) is 0. The number of nitrogens with one attached hydrogen (secondary N) is 2. The van der Waals surface area contributed by atoms with Gasteiger partial charge in [-0.05, 0) is 36.4 Å². The van der Waals surface area contributed by atoms with Gasteiger partial charge < -0.3 is 9.47 Å². The summed E-state index contributed by atoms with van der Waals surface area (Å²) in [4.78, 5) is 25.3. The zero-order valence-electron chi connectivity index (χ0n) is 15.4. The van der Waals surface area contributed by atoms with E-state index in [4.69, 9.17) is 9.47 Å². The van der Waals surface area contributed by atoms with E-state index in [0.717, 1.165) is 0 Å². The average Bonchev–Trinajstić information content (AvgIpc) is 2.74. The fourth-order valence-corrected chi connectivity index (χ4v) is 2.42. The predicted octanol–water partition coefficient (Wildman–Crippen LogP) is 2.20. The van der Waals surface area contributed by atoms with Crippen molar-refractivity contribution in [1.29, 1.82) is 0 Å². The molecule has 0 atom stereocenters. The second-order valence-corrected chi connectivity index (χ2v) is 5.64. The highest BCUT2D eigenvalue weighted by Crippen LogP contribution is 2.26. The van der Waals surface area contributed by atoms with Gasteiger partial charge in [0, 0.05) is 17.2 Å². The van der Waals surface area contributed by atoms with Gasteiger partial charge in [0.05, 0.1) is 25.4 Å². The van der Waals surface area contributed by atoms with Crippen molar-refractivity contribution in [3.63, 3.8) is 0 Å². The Morgan fingerprint density at radius 1 is 1.14 bits per heavy atom. The smallest absolute Gasteiger partial charge is 0.311 e. The number of aromatic amines is 1. The molecular weight excluding hydrogens is 380 g/mol. The standard InChI is InChI=1S/C18H16N6O5/c1-28-13-6-4-12(5-7-13)16-17(25)20-18(23-21-16)22-19-10-11-3-8-15(29-2)14(9-11)24(26)27/h3-10H,1-2H3,(H2,20,22,23,25)/b19-10+. The van der Waals surface area contributed by atoms with Gasteiger partial charge in [0.25, 0.3) is 5.56 Å². The Morgan fingerprint density at radius 2 is 1.90 bits per heavy atom. The SMILES string of the molecule is COc1ccc(-c2nnc(N/N=C/c3ccc(OC)c([N+](=O)[O-])c3)[nH]c2=O)cc1. The van der Waals surface area contributed by atoms with Gasteiger partial charge in [-0.3, -0.25) is 19.9 Å². The molecule has 0 saturated carbocycles. The summed E-state index contributed by atoms with van der Waals surface area (Å²) < 4.78 is 10.0. The molecule has 0 fully saturated rings. The number of H-pyrrole nitrogens is 1. The number of hydrazone groups is 1. The number of nitro benzene ring substituents is 1. The number of anilines is 1. The Labute approximate surface area is 164 Å². The molecule has 0 unspecified atom stereocenters. The van der Waals surface area contributed by atoms with E-state index in [2.05, 4.69) is 25.7 Å². The topological polar surface area (TPSA) is 145 Å². The van der Waals surface area contributed by atoms with Gasteiger partial charge in [-0.15, -0.1) is 10.2 Å².